The van der Waals surface area contributed by atoms with Crippen molar-refractivity contribution in [1.29, 1.82) is 0 Å². The van der Waals surface area contributed by atoms with Crippen LogP contribution in [0.4, 0.5) is 17.3 Å². The number of hydrogen-bond acceptors (Lipinski definition) is 3. The molecule has 9 heteroatoms. The number of rotatable bonds is 8. The molecule has 4 aromatic rings. The number of nitrogens with two attached hydrogens (primary N) is 1. The van der Waals surface area contributed by atoms with E-state index in [9.17, 15) is 17.3 Å². The monoisotopic (exact) mass is 525 g/mol. The Hall–Kier alpha value is -4.27. The lowest BCUT2D eigenvalue weighted by atomic mass is 10.0. The summed E-state index contributed by atoms with van der Waals surface area (Å²) in [7, 11) is -6.00. The van der Waals surface area contributed by atoms with Crippen molar-refractivity contribution in [2.75, 3.05) is 13.2 Å². The summed E-state index contributed by atoms with van der Waals surface area (Å²) in [5.41, 5.74) is 11.1. The molecule has 0 atom stereocenters. The van der Waals surface area contributed by atoms with Crippen LogP contribution in [0.1, 0.15) is 25.2 Å². The molecular formula is C29H28BF4NO3. The molecule has 198 valence electrons. The summed E-state index contributed by atoms with van der Waals surface area (Å²) in [5.74, 6) is 2.77. The molecule has 0 saturated heterocycles. The minimum Gasteiger partial charge on any atom is -0.490 e. The Kier molecular flexibility index (Phi) is 9.93. The lowest BCUT2D eigenvalue weighted by Gasteiger charge is -2.11. The van der Waals surface area contributed by atoms with E-state index in [1.54, 1.807) is 0 Å². The highest BCUT2D eigenvalue weighted by molar-refractivity contribution is 6.50. The molecule has 0 amide bonds. The smallest absolute Gasteiger partial charge is 0.490 e. The largest absolute Gasteiger partial charge is 0.673 e. The van der Waals surface area contributed by atoms with Crippen LogP contribution in [0.15, 0.2) is 95.4 Å². The van der Waals surface area contributed by atoms with Gasteiger partial charge in [-0.1, -0.05) is 54.6 Å². The van der Waals surface area contributed by atoms with Gasteiger partial charge >= 0.3 is 18.8 Å². The van der Waals surface area contributed by atoms with Gasteiger partial charge in [0.25, 0.3) is 0 Å². The van der Waals surface area contributed by atoms with Gasteiger partial charge in [0.15, 0.2) is 11.5 Å². The highest BCUT2D eigenvalue weighted by Gasteiger charge is 2.21. The third kappa shape index (κ3) is 8.69. The Morgan fingerprint density at radius 3 is 1.87 bits per heavy atom. The molecule has 0 saturated carbocycles. The van der Waals surface area contributed by atoms with Crippen LogP contribution < -0.4 is 15.2 Å². The first-order chi connectivity index (χ1) is 18.2. The van der Waals surface area contributed by atoms with Gasteiger partial charge in [0.2, 0.25) is 0 Å². The van der Waals surface area contributed by atoms with Crippen molar-refractivity contribution >= 4 is 19.0 Å². The SMILES string of the molecule is CCOc1ccc(C=C(N)c2cc(-c3ccccc3)cc(-c3ccccc3)[o+]2)cc1OCC.F[B-](F)(F)F. The Morgan fingerprint density at radius 1 is 0.737 bits per heavy atom. The third-order valence-electron chi connectivity index (χ3n) is 5.13. The second kappa shape index (κ2) is 13.3. The molecular weight excluding hydrogens is 497 g/mol. The minimum atomic E-state index is -6.00. The summed E-state index contributed by atoms with van der Waals surface area (Å²) in [6, 6.07) is 30.1. The summed E-state index contributed by atoms with van der Waals surface area (Å²) in [4.78, 5) is 0. The van der Waals surface area contributed by atoms with Gasteiger partial charge in [0.05, 0.1) is 30.9 Å². The van der Waals surface area contributed by atoms with Crippen LogP contribution >= 0.6 is 0 Å². The first-order valence-electron chi connectivity index (χ1n) is 12.0. The highest BCUT2D eigenvalue weighted by Crippen LogP contribution is 2.32. The summed E-state index contributed by atoms with van der Waals surface area (Å²) in [5, 5.41) is 0. The van der Waals surface area contributed by atoms with Crippen LogP contribution in [0, 0.1) is 0 Å². The highest BCUT2D eigenvalue weighted by atomic mass is 19.5. The van der Waals surface area contributed by atoms with E-state index in [4.69, 9.17) is 19.6 Å². The normalized spacial score (nSPS) is 11.4. The fourth-order valence-electron chi connectivity index (χ4n) is 3.59. The lowest BCUT2D eigenvalue weighted by molar-refractivity contribution is 0.287. The van der Waals surface area contributed by atoms with Crippen molar-refractivity contribution in [3.63, 3.8) is 0 Å². The molecule has 2 N–H and O–H groups in total. The van der Waals surface area contributed by atoms with Crippen LogP contribution in [0.5, 0.6) is 11.5 Å². The zero-order valence-corrected chi connectivity index (χ0v) is 21.0. The molecule has 3 aromatic carbocycles. The van der Waals surface area contributed by atoms with E-state index in [-0.39, 0.29) is 0 Å². The Labute approximate surface area is 219 Å². The van der Waals surface area contributed by atoms with Gasteiger partial charge in [0, 0.05) is 5.56 Å². The molecule has 1 aromatic heterocycles. The minimum absolute atomic E-state index is 0.525. The topological polar surface area (TPSA) is 55.8 Å². The number of halogens is 4. The predicted octanol–water partition coefficient (Wildman–Crippen LogP) is 8.45. The van der Waals surface area contributed by atoms with E-state index in [1.807, 2.05) is 98.8 Å². The molecule has 0 unspecified atom stereocenters. The maximum Gasteiger partial charge on any atom is 0.673 e. The summed E-state index contributed by atoms with van der Waals surface area (Å²) < 4.78 is 56.7. The van der Waals surface area contributed by atoms with Crippen LogP contribution in [-0.2, 0) is 0 Å². The van der Waals surface area contributed by atoms with Crippen LogP contribution in [0.25, 0.3) is 34.2 Å². The van der Waals surface area contributed by atoms with Crippen LogP contribution in [-0.4, -0.2) is 20.5 Å². The van der Waals surface area contributed by atoms with Gasteiger partial charge < -0.3 is 32.5 Å². The van der Waals surface area contributed by atoms with E-state index >= 15 is 0 Å². The number of hydrogen-bond donors (Lipinski definition) is 1. The van der Waals surface area contributed by atoms with Crippen molar-refractivity contribution in [3.8, 4) is 33.9 Å². The Bertz CT molecular complexity index is 1280. The second-order valence-electron chi connectivity index (χ2n) is 7.97. The second-order valence-corrected chi connectivity index (χ2v) is 7.97. The molecule has 4 nitrogen and oxygen atoms in total. The lowest BCUT2D eigenvalue weighted by Crippen LogP contribution is -2.02. The summed E-state index contributed by atoms with van der Waals surface area (Å²) in [6.45, 7) is 5.03. The summed E-state index contributed by atoms with van der Waals surface area (Å²) in [6.07, 6.45) is 1.89. The first-order valence-corrected chi connectivity index (χ1v) is 12.0. The van der Waals surface area contributed by atoms with Crippen molar-refractivity contribution in [2.45, 2.75) is 13.8 Å². The van der Waals surface area contributed by atoms with Gasteiger partial charge in [-0.15, -0.1) is 0 Å². The van der Waals surface area contributed by atoms with E-state index in [0.29, 0.717) is 30.4 Å². The average molecular weight is 525 g/mol. The third-order valence-corrected chi connectivity index (χ3v) is 5.13. The van der Waals surface area contributed by atoms with Gasteiger partial charge in [-0.05, 0) is 55.3 Å². The van der Waals surface area contributed by atoms with Gasteiger partial charge in [0.1, 0.15) is 5.70 Å². The zero-order chi connectivity index (χ0) is 27.5. The summed E-state index contributed by atoms with van der Waals surface area (Å²) >= 11 is 0. The predicted molar refractivity (Wildman–Crippen MR) is 145 cm³/mol. The van der Waals surface area contributed by atoms with Crippen LogP contribution in [0.3, 0.4) is 0 Å². The molecule has 1 heterocycles. The molecule has 0 aliphatic rings. The maximum absolute atomic E-state index is 9.75. The molecule has 0 spiro atoms. The number of ether oxygens (including phenoxy) is 2. The maximum atomic E-state index is 9.75. The van der Waals surface area contributed by atoms with Crippen molar-refractivity contribution in [2.24, 2.45) is 5.73 Å². The van der Waals surface area contributed by atoms with Crippen molar-refractivity contribution in [3.05, 3.63) is 102 Å². The Morgan fingerprint density at radius 2 is 1.29 bits per heavy atom. The average Bonchev–Trinajstić information content (AvgIpc) is 2.90. The molecule has 0 bridgehead atoms. The van der Waals surface area contributed by atoms with Gasteiger partial charge in [-0.25, -0.2) is 4.42 Å². The van der Waals surface area contributed by atoms with Crippen LogP contribution in [0.2, 0.25) is 0 Å². The quantitative estimate of drug-likeness (QED) is 0.143. The molecule has 0 fully saturated rings. The molecule has 0 radical (unpaired) electrons. The fraction of sp³-hybridized carbons (Fsp3) is 0.138. The van der Waals surface area contributed by atoms with Crippen molar-refractivity contribution in [1.82, 2.24) is 0 Å². The first kappa shape index (κ1) is 28.3. The van der Waals surface area contributed by atoms with Crippen molar-refractivity contribution < 1.29 is 31.2 Å². The van der Waals surface area contributed by atoms with Gasteiger partial charge in [-0.3, -0.25) is 0 Å². The number of benzene rings is 3. The Balaban J connectivity index is 0.000000732. The van der Waals surface area contributed by atoms with E-state index in [1.165, 1.54) is 0 Å². The van der Waals surface area contributed by atoms with E-state index in [2.05, 4.69) is 12.1 Å². The molecule has 0 aliphatic heterocycles. The molecule has 4 rings (SSSR count). The van der Waals surface area contributed by atoms with E-state index < -0.39 is 7.25 Å². The molecule has 38 heavy (non-hydrogen) atoms. The standard InChI is InChI=1S/C29H28NO3.BF4/c1-3-31-26-16-15-21(18-29(26)32-4-2)17-25(30)28-20-24(22-11-7-5-8-12-22)19-27(33-28)23-13-9-6-10-14-23;2-1(3,4)5/h5-20H,3-4,30H2,1-2H3;/q+1;-1. The van der Waals surface area contributed by atoms with Gasteiger partial charge in [-0.2, -0.15) is 0 Å². The molecule has 0 aliphatic carbocycles. The zero-order valence-electron chi connectivity index (χ0n) is 21.0. The van der Waals surface area contributed by atoms with E-state index in [0.717, 1.165) is 33.8 Å². The fourth-order valence-corrected chi connectivity index (χ4v) is 3.59.